The van der Waals surface area contributed by atoms with Crippen molar-refractivity contribution in [1.82, 2.24) is 0 Å². The summed E-state index contributed by atoms with van der Waals surface area (Å²) in [5.41, 5.74) is 0.656. The number of rotatable bonds is 3. The van der Waals surface area contributed by atoms with Crippen molar-refractivity contribution < 1.29 is 19.7 Å². The average molecular weight is 238 g/mol. The lowest BCUT2D eigenvalue weighted by Gasteiger charge is -2.18. The Morgan fingerprint density at radius 2 is 1.88 bits per heavy atom. The molecule has 0 aromatic heterocycles. The van der Waals surface area contributed by atoms with Gasteiger partial charge in [0.15, 0.2) is 11.5 Å². The lowest BCUT2D eigenvalue weighted by atomic mass is 10.0. The summed E-state index contributed by atoms with van der Waals surface area (Å²) >= 11 is 0. The van der Waals surface area contributed by atoms with Gasteiger partial charge in [-0.3, -0.25) is 0 Å². The Hall–Kier alpha value is -1.26. The molecule has 0 bridgehead atoms. The molecule has 0 amide bonds. The van der Waals surface area contributed by atoms with Crippen molar-refractivity contribution >= 4 is 0 Å². The second kappa shape index (κ2) is 5.38. The van der Waals surface area contributed by atoms with Crippen molar-refractivity contribution in [3.05, 3.63) is 23.8 Å². The Morgan fingerprint density at radius 3 is 2.59 bits per heavy atom. The smallest absolute Gasteiger partial charge is 0.161 e. The van der Waals surface area contributed by atoms with E-state index in [1.807, 2.05) is 6.92 Å². The maximum Gasteiger partial charge on any atom is 0.161 e. The van der Waals surface area contributed by atoms with Crippen LogP contribution in [-0.4, -0.2) is 29.5 Å². The van der Waals surface area contributed by atoms with E-state index in [2.05, 4.69) is 0 Å². The summed E-state index contributed by atoms with van der Waals surface area (Å²) in [4.78, 5) is 0. The monoisotopic (exact) mass is 238 g/mol. The van der Waals surface area contributed by atoms with Crippen LogP contribution >= 0.6 is 0 Å². The molecule has 0 aliphatic carbocycles. The van der Waals surface area contributed by atoms with Gasteiger partial charge < -0.3 is 19.7 Å². The van der Waals surface area contributed by atoms with Gasteiger partial charge in [0.1, 0.15) is 6.10 Å². The van der Waals surface area contributed by atoms with Crippen LogP contribution in [0, 0.1) is 0 Å². The van der Waals surface area contributed by atoms with E-state index in [0.717, 1.165) is 6.42 Å². The van der Waals surface area contributed by atoms with Crippen LogP contribution < -0.4 is 9.47 Å². The molecule has 0 saturated heterocycles. The Kier molecular flexibility index (Phi) is 3.86. The van der Waals surface area contributed by atoms with Gasteiger partial charge in [-0.2, -0.15) is 0 Å². The van der Waals surface area contributed by atoms with Crippen molar-refractivity contribution in [2.24, 2.45) is 0 Å². The summed E-state index contributed by atoms with van der Waals surface area (Å²) in [6.07, 6.45) is -0.267. The topological polar surface area (TPSA) is 58.9 Å². The standard InChI is InChI=1S/C13H18O4/c1-2-10(14)13(15)9-4-5-11-12(8-9)17-7-3-6-16-11/h4-5,8,10,13-15H,2-3,6-7H2,1H3. The highest BCUT2D eigenvalue weighted by Crippen LogP contribution is 2.33. The quantitative estimate of drug-likeness (QED) is 0.840. The molecule has 2 unspecified atom stereocenters. The number of benzene rings is 1. The highest BCUT2D eigenvalue weighted by atomic mass is 16.5. The van der Waals surface area contributed by atoms with Gasteiger partial charge in [-0.25, -0.2) is 0 Å². The maximum atomic E-state index is 9.91. The summed E-state index contributed by atoms with van der Waals surface area (Å²) in [6, 6.07) is 5.28. The summed E-state index contributed by atoms with van der Waals surface area (Å²) in [5, 5.41) is 19.5. The first-order valence-corrected chi connectivity index (χ1v) is 5.98. The molecule has 0 radical (unpaired) electrons. The molecule has 17 heavy (non-hydrogen) atoms. The van der Waals surface area contributed by atoms with E-state index in [1.165, 1.54) is 0 Å². The minimum Gasteiger partial charge on any atom is -0.490 e. The molecule has 1 aliphatic heterocycles. The average Bonchev–Trinajstić information content (AvgIpc) is 2.61. The Morgan fingerprint density at radius 1 is 1.18 bits per heavy atom. The normalized spacial score (nSPS) is 18.3. The van der Waals surface area contributed by atoms with Gasteiger partial charge in [0.2, 0.25) is 0 Å². The number of fused-ring (bicyclic) bond motifs is 1. The zero-order valence-electron chi connectivity index (χ0n) is 9.93. The maximum absolute atomic E-state index is 9.91. The number of hydrogen-bond donors (Lipinski definition) is 2. The van der Waals surface area contributed by atoms with Crippen molar-refractivity contribution in [2.75, 3.05) is 13.2 Å². The van der Waals surface area contributed by atoms with Crippen molar-refractivity contribution in [1.29, 1.82) is 0 Å². The third kappa shape index (κ3) is 2.70. The fourth-order valence-electron chi connectivity index (χ4n) is 1.81. The lowest BCUT2D eigenvalue weighted by Crippen LogP contribution is -2.16. The van der Waals surface area contributed by atoms with E-state index in [1.54, 1.807) is 18.2 Å². The molecule has 94 valence electrons. The largest absolute Gasteiger partial charge is 0.490 e. The Bertz CT molecular complexity index is 378. The van der Waals surface area contributed by atoms with Crippen LogP contribution in [-0.2, 0) is 0 Å². The highest BCUT2D eigenvalue weighted by molar-refractivity contribution is 5.44. The van der Waals surface area contributed by atoms with Crippen molar-refractivity contribution in [3.63, 3.8) is 0 Å². The third-order valence-electron chi connectivity index (χ3n) is 2.90. The van der Waals surface area contributed by atoms with Crippen LogP contribution in [0.1, 0.15) is 31.4 Å². The minimum atomic E-state index is -0.878. The van der Waals surface area contributed by atoms with Crippen LogP contribution in [0.25, 0.3) is 0 Å². The molecule has 1 aromatic carbocycles. The molecule has 0 spiro atoms. The second-order valence-electron chi connectivity index (χ2n) is 4.18. The van der Waals surface area contributed by atoms with Gasteiger partial charge in [-0.05, 0) is 24.1 Å². The molecule has 4 nitrogen and oxygen atoms in total. The summed E-state index contributed by atoms with van der Waals surface area (Å²) in [7, 11) is 0. The van der Waals surface area contributed by atoms with Crippen LogP contribution in [0.15, 0.2) is 18.2 Å². The van der Waals surface area contributed by atoms with Crippen LogP contribution in [0.3, 0.4) is 0 Å². The number of ether oxygens (including phenoxy) is 2. The van der Waals surface area contributed by atoms with Crippen LogP contribution in [0.5, 0.6) is 11.5 Å². The molecule has 1 heterocycles. The fraction of sp³-hybridized carbons (Fsp3) is 0.538. The number of aliphatic hydroxyl groups excluding tert-OH is 2. The highest BCUT2D eigenvalue weighted by Gasteiger charge is 2.19. The van der Waals surface area contributed by atoms with E-state index in [4.69, 9.17) is 9.47 Å². The van der Waals surface area contributed by atoms with Gasteiger partial charge in [0, 0.05) is 6.42 Å². The lowest BCUT2D eigenvalue weighted by molar-refractivity contribution is 0.0163. The third-order valence-corrected chi connectivity index (χ3v) is 2.90. The molecule has 4 heteroatoms. The SMILES string of the molecule is CCC(O)C(O)c1ccc2c(c1)OCCCO2. The second-order valence-corrected chi connectivity index (χ2v) is 4.18. The Labute approximate surface area is 101 Å². The molecule has 2 N–H and O–H groups in total. The zero-order chi connectivity index (χ0) is 12.3. The predicted octanol–water partition coefficient (Wildman–Crippen LogP) is 1.65. The van der Waals surface area contributed by atoms with Crippen LogP contribution in [0.4, 0.5) is 0 Å². The van der Waals surface area contributed by atoms with E-state index in [9.17, 15) is 10.2 Å². The van der Waals surface area contributed by atoms with Crippen molar-refractivity contribution in [3.8, 4) is 11.5 Å². The summed E-state index contributed by atoms with van der Waals surface area (Å²) in [5.74, 6) is 1.34. The first kappa shape index (κ1) is 12.2. The van der Waals surface area contributed by atoms with E-state index in [-0.39, 0.29) is 0 Å². The Balaban J connectivity index is 2.23. The van der Waals surface area contributed by atoms with Gasteiger partial charge in [0.25, 0.3) is 0 Å². The predicted molar refractivity (Wildman–Crippen MR) is 63.3 cm³/mol. The van der Waals surface area contributed by atoms with Gasteiger partial charge in [-0.15, -0.1) is 0 Å². The molecular weight excluding hydrogens is 220 g/mol. The molecule has 1 aromatic rings. The zero-order valence-corrected chi connectivity index (χ0v) is 9.93. The van der Waals surface area contributed by atoms with E-state index < -0.39 is 12.2 Å². The minimum absolute atomic E-state index is 0.510. The van der Waals surface area contributed by atoms with Gasteiger partial charge in [-0.1, -0.05) is 13.0 Å². The fourth-order valence-corrected chi connectivity index (χ4v) is 1.81. The summed E-state index contributed by atoms with van der Waals surface area (Å²) in [6.45, 7) is 3.09. The molecule has 1 aliphatic rings. The van der Waals surface area contributed by atoms with E-state index in [0.29, 0.717) is 36.7 Å². The van der Waals surface area contributed by atoms with Gasteiger partial charge in [0.05, 0.1) is 19.3 Å². The van der Waals surface area contributed by atoms with Crippen LogP contribution in [0.2, 0.25) is 0 Å². The summed E-state index contributed by atoms with van der Waals surface area (Å²) < 4.78 is 11.0. The number of aliphatic hydroxyl groups is 2. The molecule has 2 rings (SSSR count). The molecule has 0 saturated carbocycles. The first-order chi connectivity index (χ1) is 8.22. The van der Waals surface area contributed by atoms with Crippen molar-refractivity contribution in [2.45, 2.75) is 32.0 Å². The number of hydrogen-bond acceptors (Lipinski definition) is 4. The molecule has 0 fully saturated rings. The molecular formula is C13H18O4. The molecule has 2 atom stereocenters. The van der Waals surface area contributed by atoms with E-state index >= 15 is 0 Å². The first-order valence-electron chi connectivity index (χ1n) is 5.98. The van der Waals surface area contributed by atoms with Gasteiger partial charge >= 0.3 is 0 Å².